The Morgan fingerprint density at radius 1 is 1.24 bits per heavy atom. The van der Waals surface area contributed by atoms with E-state index in [4.69, 9.17) is 21.3 Å². The lowest BCUT2D eigenvalue weighted by Gasteiger charge is -2.13. The lowest BCUT2D eigenvalue weighted by molar-refractivity contribution is 0.163. The maximum atomic E-state index is 8.08. The molecule has 0 aromatic carbocycles. The first-order chi connectivity index (χ1) is 8.36. The van der Waals surface area contributed by atoms with E-state index >= 15 is 0 Å². The highest BCUT2D eigenvalue weighted by atomic mass is 16.5. The summed E-state index contributed by atoms with van der Waals surface area (Å²) < 4.78 is 9.92. The summed E-state index contributed by atoms with van der Waals surface area (Å²) >= 11 is 0. The Kier molecular flexibility index (Phi) is 6.34. The van der Waals surface area contributed by atoms with Crippen LogP contribution in [-0.4, -0.2) is 23.8 Å². The van der Waals surface area contributed by atoms with Crippen LogP contribution in [0, 0.1) is 6.57 Å². The van der Waals surface area contributed by atoms with Crippen molar-refractivity contribution in [3.63, 3.8) is 0 Å². The molecule has 0 aromatic heterocycles. The van der Waals surface area contributed by atoms with E-state index in [0.29, 0.717) is 0 Å². The largest absolute Gasteiger partial charge is 0.493 e. The van der Waals surface area contributed by atoms with E-state index in [-0.39, 0.29) is 12.3 Å². The number of oxime groups is 1. The fourth-order valence-corrected chi connectivity index (χ4v) is 1.35. The number of ether oxygens (including phenoxy) is 2. The van der Waals surface area contributed by atoms with Crippen LogP contribution in [0.5, 0.6) is 0 Å². The van der Waals surface area contributed by atoms with Gasteiger partial charge in [-0.25, -0.2) is 6.57 Å². The molecule has 2 rings (SSSR count). The first-order valence-electron chi connectivity index (χ1n) is 5.52. The van der Waals surface area contributed by atoms with Gasteiger partial charge in [-0.15, -0.1) is 0 Å². The van der Waals surface area contributed by atoms with E-state index in [0.717, 1.165) is 25.7 Å². The Labute approximate surface area is 101 Å². The van der Waals surface area contributed by atoms with Crippen LogP contribution in [0.2, 0.25) is 0 Å². The van der Waals surface area contributed by atoms with Crippen LogP contribution >= 0.6 is 0 Å². The molecule has 2 aliphatic rings. The molecule has 0 saturated carbocycles. The third kappa shape index (κ3) is 5.61. The highest BCUT2D eigenvalue weighted by molar-refractivity contribution is 5.62. The van der Waals surface area contributed by atoms with Gasteiger partial charge in [0.25, 0.3) is 0 Å². The summed E-state index contributed by atoms with van der Waals surface area (Å²) in [5.41, 5.74) is 0. The number of hydrogen-bond acceptors (Lipinski definition) is 4. The van der Waals surface area contributed by atoms with Crippen molar-refractivity contribution in [3.05, 3.63) is 36.1 Å². The van der Waals surface area contributed by atoms with E-state index in [2.05, 4.69) is 10.0 Å². The average molecular weight is 236 g/mol. The van der Waals surface area contributed by atoms with Crippen molar-refractivity contribution in [3.8, 4) is 0 Å². The van der Waals surface area contributed by atoms with Gasteiger partial charge < -0.3 is 14.7 Å². The molecule has 0 unspecified atom stereocenters. The van der Waals surface area contributed by atoms with E-state index < -0.39 is 0 Å². The first kappa shape index (κ1) is 13.1. The van der Waals surface area contributed by atoms with Gasteiger partial charge in [-0.3, -0.25) is 4.85 Å². The molecule has 0 radical (unpaired) electrons. The van der Waals surface area contributed by atoms with Crippen molar-refractivity contribution < 1.29 is 14.7 Å². The van der Waals surface area contributed by atoms with Gasteiger partial charge in [0.1, 0.15) is 6.10 Å². The lowest BCUT2D eigenvalue weighted by atomic mass is 10.2. The van der Waals surface area contributed by atoms with Crippen LogP contribution in [-0.2, 0) is 9.47 Å². The molecule has 0 amide bonds. The zero-order chi connectivity index (χ0) is 12.3. The van der Waals surface area contributed by atoms with Crippen molar-refractivity contribution in [2.45, 2.75) is 38.0 Å². The van der Waals surface area contributed by atoms with E-state index in [1.54, 1.807) is 12.5 Å². The van der Waals surface area contributed by atoms with Gasteiger partial charge in [-0.1, -0.05) is 5.16 Å². The molecule has 5 heteroatoms. The number of rotatable bonds is 1. The molecule has 0 spiro atoms. The molecule has 0 aliphatic carbocycles. The minimum absolute atomic E-state index is 0.0278. The van der Waals surface area contributed by atoms with Gasteiger partial charge in [-0.2, -0.15) is 0 Å². The first-order valence-corrected chi connectivity index (χ1v) is 5.52. The fourth-order valence-electron chi connectivity index (χ4n) is 1.35. The van der Waals surface area contributed by atoms with E-state index in [9.17, 15) is 0 Å². The Morgan fingerprint density at radius 2 is 1.94 bits per heavy atom. The van der Waals surface area contributed by atoms with Gasteiger partial charge in [-0.05, 0) is 31.4 Å². The van der Waals surface area contributed by atoms with Gasteiger partial charge >= 0.3 is 6.23 Å². The maximum absolute atomic E-state index is 8.08. The average Bonchev–Trinajstić information content (AvgIpc) is 2.42. The lowest BCUT2D eigenvalue weighted by Crippen LogP contribution is -2.13. The Morgan fingerprint density at radius 3 is 2.35 bits per heavy atom. The third-order valence-corrected chi connectivity index (χ3v) is 2.26. The van der Waals surface area contributed by atoms with Crippen LogP contribution < -0.4 is 0 Å². The summed E-state index contributed by atoms with van der Waals surface area (Å²) in [6, 6.07) is 0. The molecular formula is C12H16N2O3. The second-order valence-electron chi connectivity index (χ2n) is 3.56. The van der Waals surface area contributed by atoms with E-state index in [1.165, 1.54) is 6.21 Å². The molecule has 0 aromatic rings. The minimum atomic E-state index is -0.208. The summed E-state index contributed by atoms with van der Waals surface area (Å²) in [7, 11) is 0. The highest BCUT2D eigenvalue weighted by Gasteiger charge is 2.12. The van der Waals surface area contributed by atoms with Gasteiger partial charge in [0.15, 0.2) is 0 Å². The summed E-state index contributed by atoms with van der Waals surface area (Å²) in [4.78, 5) is 3.22. The fraction of sp³-hybridized carbons (Fsp3) is 0.500. The highest BCUT2D eigenvalue weighted by Crippen LogP contribution is 2.10. The SMILES string of the molecule is ON=C[C@@H]1CCC=CO1.[C-]#[N+][C@@H]1CCC=CO1. The number of allylic oxidation sites excluding steroid dienone is 2. The van der Waals surface area contributed by atoms with Crippen molar-refractivity contribution >= 4 is 6.21 Å². The Balaban J connectivity index is 0.000000171. The van der Waals surface area contributed by atoms with Crippen LogP contribution in [0.1, 0.15) is 25.7 Å². The maximum Gasteiger partial charge on any atom is 0.366 e. The summed E-state index contributed by atoms with van der Waals surface area (Å²) in [5, 5.41) is 11.0. The molecule has 2 atom stereocenters. The van der Waals surface area contributed by atoms with Crippen LogP contribution in [0.15, 0.2) is 29.8 Å². The smallest absolute Gasteiger partial charge is 0.366 e. The van der Waals surface area contributed by atoms with Crippen molar-refractivity contribution in [1.82, 2.24) is 0 Å². The molecule has 0 saturated heterocycles. The molecule has 2 heterocycles. The predicted octanol–water partition coefficient (Wildman–Crippen LogP) is 2.69. The second-order valence-corrected chi connectivity index (χ2v) is 3.56. The quantitative estimate of drug-likeness (QED) is 0.329. The van der Waals surface area contributed by atoms with Crippen molar-refractivity contribution in [1.29, 1.82) is 0 Å². The minimum Gasteiger partial charge on any atom is -0.493 e. The normalized spacial score (nSPS) is 26.3. The van der Waals surface area contributed by atoms with E-state index in [1.807, 2.05) is 12.2 Å². The number of hydrogen-bond donors (Lipinski definition) is 1. The van der Waals surface area contributed by atoms with Crippen molar-refractivity contribution in [2.24, 2.45) is 5.16 Å². The molecule has 0 fully saturated rings. The molecule has 1 N–H and O–H groups in total. The van der Waals surface area contributed by atoms with Gasteiger partial charge in [0, 0.05) is 0 Å². The topological polar surface area (TPSA) is 55.4 Å². The third-order valence-electron chi connectivity index (χ3n) is 2.26. The van der Waals surface area contributed by atoms with Crippen LogP contribution in [0.3, 0.4) is 0 Å². The molecule has 5 nitrogen and oxygen atoms in total. The molecular weight excluding hydrogens is 220 g/mol. The molecule has 2 aliphatic heterocycles. The predicted molar refractivity (Wildman–Crippen MR) is 63.4 cm³/mol. The molecule has 92 valence electrons. The Hall–Kier alpha value is -1.96. The zero-order valence-electron chi connectivity index (χ0n) is 9.53. The number of nitrogens with zero attached hydrogens (tertiary/aromatic N) is 2. The van der Waals surface area contributed by atoms with Crippen LogP contribution in [0.4, 0.5) is 0 Å². The monoisotopic (exact) mass is 236 g/mol. The van der Waals surface area contributed by atoms with Crippen LogP contribution in [0.25, 0.3) is 4.85 Å². The summed E-state index contributed by atoms with van der Waals surface area (Å²) in [5.74, 6) is 0. The summed E-state index contributed by atoms with van der Waals surface area (Å²) in [6.45, 7) is 6.56. The molecule has 0 bridgehead atoms. The summed E-state index contributed by atoms with van der Waals surface area (Å²) in [6.07, 6.45) is 12.0. The van der Waals surface area contributed by atoms with Crippen molar-refractivity contribution in [2.75, 3.05) is 0 Å². The van der Waals surface area contributed by atoms with Gasteiger partial charge in [0.2, 0.25) is 0 Å². The standard InChI is InChI=1S/C6H9NO2.C6H7NO/c8-7-5-6-3-1-2-4-9-6;1-7-6-4-2-3-5-8-6/h2,4-6,8H,1,3H2;3,5-6H,2,4H2/t2*6-/m00/s1. The molecule has 17 heavy (non-hydrogen) atoms. The Bertz CT molecular complexity index is 331. The second kappa shape index (κ2) is 8.22. The zero-order valence-corrected chi connectivity index (χ0v) is 9.53. The van der Waals surface area contributed by atoms with Gasteiger partial charge in [0.05, 0.1) is 25.2 Å².